The molecule has 0 unspecified atom stereocenters. The van der Waals surface area contributed by atoms with Crippen LogP contribution in [0.3, 0.4) is 0 Å². The highest BCUT2D eigenvalue weighted by molar-refractivity contribution is 5.92. The van der Waals surface area contributed by atoms with Crippen LogP contribution in [0.4, 0.5) is 0 Å². The van der Waals surface area contributed by atoms with Crippen LogP contribution in [-0.2, 0) is 4.79 Å². The number of nitrogens with two attached hydrogens (primary N) is 2. The lowest BCUT2D eigenvalue weighted by Gasteiger charge is -1.96. The van der Waals surface area contributed by atoms with Gasteiger partial charge >= 0.3 is 12.1 Å². The molecule has 4 N–H and O–H groups in total. The smallest absolute Gasteiger partial charge is 0.370 e. The van der Waals surface area contributed by atoms with Crippen LogP contribution in [0.2, 0.25) is 0 Å². The minimum atomic E-state index is -2.65. The second-order valence-corrected chi connectivity index (χ2v) is 1.82. The van der Waals surface area contributed by atoms with Crippen molar-refractivity contribution in [3.63, 3.8) is 0 Å². The summed E-state index contributed by atoms with van der Waals surface area (Å²) in [4.78, 5) is 30.4. The normalized spacial score (nSPS) is 9.31. The van der Waals surface area contributed by atoms with Gasteiger partial charge in [-0.05, 0) is 0 Å². The average molecular weight is 191 g/mol. The molecule has 0 aromatic heterocycles. The zero-order chi connectivity index (χ0) is 10.6. The van der Waals surface area contributed by atoms with E-state index < -0.39 is 27.9 Å². The van der Waals surface area contributed by atoms with Gasteiger partial charge in [0, 0.05) is 0 Å². The Labute approximate surface area is 70.5 Å². The Balaban J connectivity index is 4.78. The van der Waals surface area contributed by atoms with Gasteiger partial charge < -0.3 is 11.5 Å². The first-order valence-corrected chi connectivity index (χ1v) is 2.76. The van der Waals surface area contributed by atoms with E-state index in [9.17, 15) is 25.0 Å². The highest BCUT2D eigenvalue weighted by Crippen LogP contribution is 1.94. The van der Waals surface area contributed by atoms with E-state index in [0.29, 0.717) is 0 Å². The van der Waals surface area contributed by atoms with Crippen molar-refractivity contribution >= 4 is 11.9 Å². The van der Waals surface area contributed by atoms with Gasteiger partial charge in [-0.3, -0.25) is 25.0 Å². The Morgan fingerprint density at radius 1 is 1.23 bits per heavy atom. The Morgan fingerprint density at radius 3 is 1.85 bits per heavy atom. The standard InChI is InChI=1S/C3H5N5O5/c4-3(5)6-1(9)2(7(10)11)8(12)13/h2H,(H4,4,5,6,9). The van der Waals surface area contributed by atoms with Gasteiger partial charge in [-0.25, -0.2) is 0 Å². The van der Waals surface area contributed by atoms with Crippen LogP contribution >= 0.6 is 0 Å². The highest BCUT2D eigenvalue weighted by atomic mass is 16.7. The molecule has 0 spiro atoms. The van der Waals surface area contributed by atoms with Crippen LogP contribution in [0.15, 0.2) is 4.99 Å². The van der Waals surface area contributed by atoms with Crippen LogP contribution in [0.5, 0.6) is 0 Å². The van der Waals surface area contributed by atoms with Gasteiger partial charge in [0.2, 0.25) is 0 Å². The number of amides is 1. The number of carbonyl (C=O) groups is 1. The monoisotopic (exact) mass is 191 g/mol. The summed E-state index contributed by atoms with van der Waals surface area (Å²) in [5, 5.41) is 19.9. The average Bonchev–Trinajstić information content (AvgIpc) is 1.81. The Hall–Kier alpha value is -2.26. The molecule has 13 heavy (non-hydrogen) atoms. The van der Waals surface area contributed by atoms with Gasteiger partial charge in [-0.1, -0.05) is 0 Å². The third kappa shape index (κ3) is 3.09. The molecule has 0 heterocycles. The molecule has 0 aromatic rings. The molecule has 0 radical (unpaired) electrons. The van der Waals surface area contributed by atoms with E-state index >= 15 is 0 Å². The highest BCUT2D eigenvalue weighted by Gasteiger charge is 2.41. The Morgan fingerprint density at radius 2 is 1.62 bits per heavy atom. The summed E-state index contributed by atoms with van der Waals surface area (Å²) in [6.07, 6.45) is -2.65. The van der Waals surface area contributed by atoms with Crippen LogP contribution in [0.25, 0.3) is 0 Å². The first-order chi connectivity index (χ1) is 5.86. The number of guanidine groups is 1. The summed E-state index contributed by atoms with van der Waals surface area (Å²) in [5.41, 5.74) is 9.39. The number of hydrogen-bond acceptors (Lipinski definition) is 5. The number of rotatable bonds is 3. The van der Waals surface area contributed by atoms with Crippen molar-refractivity contribution in [2.24, 2.45) is 16.5 Å². The van der Waals surface area contributed by atoms with Crippen molar-refractivity contribution in [1.29, 1.82) is 0 Å². The summed E-state index contributed by atoms with van der Waals surface area (Å²) in [7, 11) is 0. The lowest BCUT2D eigenvalue weighted by molar-refractivity contribution is -0.722. The van der Waals surface area contributed by atoms with Crippen molar-refractivity contribution in [2.45, 2.75) is 6.17 Å². The largest absolute Gasteiger partial charge is 0.529 e. The summed E-state index contributed by atoms with van der Waals surface area (Å²) in [6, 6.07) is 0. The molecule has 0 fully saturated rings. The first kappa shape index (κ1) is 10.7. The molecule has 10 heteroatoms. The predicted molar refractivity (Wildman–Crippen MR) is 38.6 cm³/mol. The molecule has 0 aliphatic carbocycles. The molecule has 72 valence electrons. The molecule has 0 saturated heterocycles. The van der Waals surface area contributed by atoms with Gasteiger partial charge in [0.25, 0.3) is 0 Å². The van der Waals surface area contributed by atoms with Crippen molar-refractivity contribution in [3.05, 3.63) is 20.2 Å². The third-order valence-electron chi connectivity index (χ3n) is 0.860. The second-order valence-electron chi connectivity index (χ2n) is 1.82. The van der Waals surface area contributed by atoms with Crippen molar-refractivity contribution in [3.8, 4) is 0 Å². The van der Waals surface area contributed by atoms with Crippen molar-refractivity contribution < 1.29 is 14.6 Å². The van der Waals surface area contributed by atoms with E-state index in [1.807, 2.05) is 0 Å². The molecule has 0 rings (SSSR count). The number of nitrogens with zero attached hydrogens (tertiary/aromatic N) is 3. The molecule has 0 saturated carbocycles. The fraction of sp³-hybridized carbons (Fsp3) is 0.333. The van der Waals surface area contributed by atoms with E-state index in [1.165, 1.54) is 0 Å². The SMILES string of the molecule is NC(N)=NC(=O)C([N+](=O)[O-])[N+](=O)[O-]. The van der Waals surface area contributed by atoms with E-state index in [0.717, 1.165) is 0 Å². The minimum Gasteiger partial charge on any atom is -0.370 e. The van der Waals surface area contributed by atoms with Crippen LogP contribution in [-0.4, -0.2) is 27.9 Å². The molecule has 1 amide bonds. The molecular formula is C3H5N5O5. The molecular weight excluding hydrogens is 186 g/mol. The maximum atomic E-state index is 10.6. The zero-order valence-corrected chi connectivity index (χ0v) is 6.11. The number of aliphatic imine (C=N–C) groups is 1. The fourth-order valence-corrected chi connectivity index (χ4v) is 0.442. The quantitative estimate of drug-likeness (QED) is 0.165. The molecule has 10 nitrogen and oxygen atoms in total. The molecule has 0 atom stereocenters. The van der Waals surface area contributed by atoms with E-state index in [1.54, 1.807) is 0 Å². The lowest BCUT2D eigenvalue weighted by Crippen LogP contribution is -2.38. The predicted octanol–water partition coefficient (Wildman–Crippen LogP) is -2.33. The maximum Gasteiger partial charge on any atom is 0.529 e. The van der Waals surface area contributed by atoms with Gasteiger partial charge in [0.15, 0.2) is 5.96 Å². The first-order valence-electron chi connectivity index (χ1n) is 2.76. The van der Waals surface area contributed by atoms with Crippen LogP contribution < -0.4 is 11.5 Å². The maximum absolute atomic E-state index is 10.6. The topological polar surface area (TPSA) is 168 Å². The molecule has 0 aliphatic heterocycles. The lowest BCUT2D eigenvalue weighted by atomic mass is 10.5. The van der Waals surface area contributed by atoms with Gasteiger partial charge in [-0.15, -0.1) is 0 Å². The van der Waals surface area contributed by atoms with Crippen molar-refractivity contribution in [2.75, 3.05) is 0 Å². The minimum absolute atomic E-state index is 0.765. The third-order valence-corrected chi connectivity index (χ3v) is 0.860. The molecule has 0 bridgehead atoms. The summed E-state index contributed by atoms with van der Waals surface area (Å²) in [6.45, 7) is 0. The zero-order valence-electron chi connectivity index (χ0n) is 6.11. The van der Waals surface area contributed by atoms with Gasteiger partial charge in [-0.2, -0.15) is 4.99 Å². The second kappa shape index (κ2) is 3.94. The van der Waals surface area contributed by atoms with E-state index in [-0.39, 0.29) is 0 Å². The Kier molecular flexibility index (Phi) is 3.26. The van der Waals surface area contributed by atoms with Gasteiger partial charge in [0.1, 0.15) is 9.85 Å². The van der Waals surface area contributed by atoms with Crippen LogP contribution in [0.1, 0.15) is 0 Å². The number of nitro groups is 2. The number of hydrogen-bond donors (Lipinski definition) is 2. The fourth-order valence-electron chi connectivity index (χ4n) is 0.442. The summed E-state index contributed by atoms with van der Waals surface area (Å²) >= 11 is 0. The van der Waals surface area contributed by atoms with Crippen LogP contribution in [0, 0.1) is 20.2 Å². The summed E-state index contributed by atoms with van der Waals surface area (Å²) < 4.78 is 0. The molecule has 0 aromatic carbocycles. The van der Waals surface area contributed by atoms with Gasteiger partial charge in [0.05, 0.1) is 0 Å². The Bertz CT molecular complexity index is 266. The van der Waals surface area contributed by atoms with Crippen molar-refractivity contribution in [1.82, 2.24) is 0 Å². The summed E-state index contributed by atoms with van der Waals surface area (Å²) in [5.74, 6) is -2.38. The number of carbonyl (C=O) groups excluding carboxylic acids is 1. The van der Waals surface area contributed by atoms with E-state index in [4.69, 9.17) is 11.5 Å². The molecule has 0 aliphatic rings. The van der Waals surface area contributed by atoms with E-state index in [2.05, 4.69) is 4.99 Å².